The number of amides is 2. The average molecular weight is 269 g/mol. The molecule has 3 rings (SSSR count). The van der Waals surface area contributed by atoms with Crippen molar-refractivity contribution in [3.8, 4) is 5.75 Å². The number of pyridine rings is 1. The lowest BCUT2D eigenvalue weighted by Gasteiger charge is -2.01. The number of aromatic nitrogens is 1. The van der Waals surface area contributed by atoms with Gasteiger partial charge in [-0.2, -0.15) is 0 Å². The van der Waals surface area contributed by atoms with Crippen molar-refractivity contribution < 1.29 is 14.7 Å². The number of carbonyl (C=O) groups excluding carboxylic acids is 2. The van der Waals surface area contributed by atoms with E-state index in [4.69, 9.17) is 11.5 Å². The minimum Gasteiger partial charge on any atom is -0.507 e. The second-order valence-corrected chi connectivity index (χ2v) is 4.45. The van der Waals surface area contributed by atoms with Gasteiger partial charge < -0.3 is 21.0 Å². The molecular formula is C14H11N3O3. The van der Waals surface area contributed by atoms with E-state index in [2.05, 4.69) is 0 Å². The van der Waals surface area contributed by atoms with Crippen LogP contribution in [-0.2, 0) is 0 Å². The fourth-order valence-electron chi connectivity index (χ4n) is 2.43. The van der Waals surface area contributed by atoms with Gasteiger partial charge in [-0.25, -0.2) is 0 Å². The third-order valence-corrected chi connectivity index (χ3v) is 3.25. The molecule has 20 heavy (non-hydrogen) atoms. The van der Waals surface area contributed by atoms with Gasteiger partial charge >= 0.3 is 0 Å². The third-order valence-electron chi connectivity index (χ3n) is 3.25. The predicted molar refractivity (Wildman–Crippen MR) is 73.6 cm³/mol. The number of rotatable bonds is 2. The summed E-state index contributed by atoms with van der Waals surface area (Å²) in [5.41, 5.74) is 12.1. The summed E-state index contributed by atoms with van der Waals surface area (Å²) in [6.07, 6.45) is 1.72. The molecule has 0 atom stereocenters. The minimum atomic E-state index is -0.659. The molecule has 1 aromatic carbocycles. The number of hydrogen-bond donors (Lipinski definition) is 3. The normalized spacial score (nSPS) is 11.0. The van der Waals surface area contributed by atoms with Gasteiger partial charge in [0.15, 0.2) is 0 Å². The highest BCUT2D eigenvalue weighted by Crippen LogP contribution is 2.34. The van der Waals surface area contributed by atoms with E-state index < -0.39 is 11.8 Å². The van der Waals surface area contributed by atoms with Crippen molar-refractivity contribution in [1.29, 1.82) is 0 Å². The first-order valence-corrected chi connectivity index (χ1v) is 5.86. The van der Waals surface area contributed by atoms with E-state index in [1.807, 2.05) is 0 Å². The van der Waals surface area contributed by atoms with Gasteiger partial charge in [0.1, 0.15) is 5.75 Å². The summed E-state index contributed by atoms with van der Waals surface area (Å²) >= 11 is 0. The second-order valence-electron chi connectivity index (χ2n) is 4.45. The molecule has 0 fully saturated rings. The summed E-state index contributed by atoms with van der Waals surface area (Å²) in [5, 5.41) is 10.4. The number of phenols is 1. The molecule has 0 aliphatic heterocycles. The fourth-order valence-corrected chi connectivity index (χ4v) is 2.43. The quantitative estimate of drug-likeness (QED) is 0.645. The lowest BCUT2D eigenvalue weighted by Crippen LogP contribution is -2.11. The highest BCUT2D eigenvalue weighted by atomic mass is 16.3. The Morgan fingerprint density at radius 3 is 2.45 bits per heavy atom. The zero-order valence-corrected chi connectivity index (χ0v) is 10.3. The summed E-state index contributed by atoms with van der Waals surface area (Å²) in [4.78, 5) is 23.0. The van der Waals surface area contributed by atoms with Crippen LogP contribution >= 0.6 is 0 Å². The van der Waals surface area contributed by atoms with Crippen molar-refractivity contribution in [1.82, 2.24) is 4.40 Å². The molecule has 0 saturated heterocycles. The summed E-state index contributed by atoms with van der Waals surface area (Å²) in [6.45, 7) is 0. The van der Waals surface area contributed by atoms with Gasteiger partial charge in [0.05, 0.1) is 22.0 Å². The molecule has 2 heterocycles. The Kier molecular flexibility index (Phi) is 2.40. The van der Waals surface area contributed by atoms with Crippen LogP contribution in [0.4, 0.5) is 0 Å². The standard InChI is InChI=1S/C14H11N3O3/c15-13(19)7-5-9-11(10(18)6-7)12(14(16)20)8-3-1-2-4-17(8)9/h1-6,18H,(H2,15,19)(H2,16,20). The summed E-state index contributed by atoms with van der Waals surface area (Å²) in [7, 11) is 0. The van der Waals surface area contributed by atoms with Gasteiger partial charge in [0.25, 0.3) is 5.91 Å². The van der Waals surface area contributed by atoms with Crippen LogP contribution < -0.4 is 11.5 Å². The molecule has 2 aromatic heterocycles. The Morgan fingerprint density at radius 2 is 1.80 bits per heavy atom. The molecule has 2 amide bonds. The molecule has 6 heteroatoms. The number of carbonyl (C=O) groups is 2. The molecule has 0 spiro atoms. The van der Waals surface area contributed by atoms with Gasteiger partial charge in [-0.15, -0.1) is 0 Å². The van der Waals surface area contributed by atoms with Gasteiger partial charge in [0, 0.05) is 11.8 Å². The zero-order valence-electron chi connectivity index (χ0n) is 10.3. The number of nitrogens with two attached hydrogens (primary N) is 2. The monoisotopic (exact) mass is 269 g/mol. The molecule has 0 radical (unpaired) electrons. The molecule has 0 unspecified atom stereocenters. The number of nitrogens with zero attached hydrogens (tertiary/aromatic N) is 1. The Labute approximate surface area is 113 Å². The number of benzene rings is 1. The van der Waals surface area contributed by atoms with E-state index in [1.165, 1.54) is 12.1 Å². The third kappa shape index (κ3) is 1.51. The second kappa shape index (κ2) is 3.99. The van der Waals surface area contributed by atoms with Crippen LogP contribution in [0, 0.1) is 0 Å². The van der Waals surface area contributed by atoms with Crippen molar-refractivity contribution in [3.05, 3.63) is 47.7 Å². The summed E-state index contributed by atoms with van der Waals surface area (Å²) in [6, 6.07) is 7.99. The van der Waals surface area contributed by atoms with Gasteiger partial charge in [-0.3, -0.25) is 9.59 Å². The van der Waals surface area contributed by atoms with Crippen LogP contribution in [-0.4, -0.2) is 21.3 Å². The maximum absolute atomic E-state index is 11.7. The van der Waals surface area contributed by atoms with Gasteiger partial charge in [-0.05, 0) is 24.3 Å². The van der Waals surface area contributed by atoms with E-state index in [0.29, 0.717) is 16.4 Å². The molecule has 5 N–H and O–H groups in total. The Bertz CT molecular complexity index is 880. The molecule has 0 aliphatic carbocycles. The summed E-state index contributed by atoms with van der Waals surface area (Å²) < 4.78 is 1.68. The van der Waals surface area contributed by atoms with Crippen LogP contribution in [0.25, 0.3) is 16.4 Å². The zero-order chi connectivity index (χ0) is 14.4. The van der Waals surface area contributed by atoms with Crippen molar-refractivity contribution >= 4 is 28.2 Å². The highest BCUT2D eigenvalue weighted by molar-refractivity contribution is 6.16. The van der Waals surface area contributed by atoms with Crippen LogP contribution in [0.15, 0.2) is 36.5 Å². The first kappa shape index (κ1) is 12.0. The van der Waals surface area contributed by atoms with Crippen molar-refractivity contribution in [2.24, 2.45) is 11.5 Å². The first-order valence-electron chi connectivity index (χ1n) is 5.86. The van der Waals surface area contributed by atoms with Crippen molar-refractivity contribution in [2.75, 3.05) is 0 Å². The minimum absolute atomic E-state index is 0.161. The average Bonchev–Trinajstić information content (AvgIpc) is 2.74. The maximum atomic E-state index is 11.7. The lowest BCUT2D eigenvalue weighted by molar-refractivity contribution is 0.0993. The molecule has 0 aliphatic rings. The number of hydrogen-bond acceptors (Lipinski definition) is 3. The predicted octanol–water partition coefficient (Wildman–Crippen LogP) is 0.996. The molecule has 0 bridgehead atoms. The Hall–Kier alpha value is -3.02. The summed E-state index contributed by atoms with van der Waals surface area (Å²) in [5.74, 6) is -1.51. The largest absolute Gasteiger partial charge is 0.507 e. The number of primary amides is 2. The van der Waals surface area contributed by atoms with E-state index in [0.717, 1.165) is 0 Å². The van der Waals surface area contributed by atoms with Crippen LogP contribution in [0.1, 0.15) is 20.7 Å². The number of fused-ring (bicyclic) bond motifs is 3. The Balaban J connectivity index is 2.59. The van der Waals surface area contributed by atoms with E-state index in [9.17, 15) is 14.7 Å². The van der Waals surface area contributed by atoms with Crippen LogP contribution in [0.2, 0.25) is 0 Å². The van der Waals surface area contributed by atoms with Crippen LogP contribution in [0.3, 0.4) is 0 Å². The van der Waals surface area contributed by atoms with Gasteiger partial charge in [-0.1, -0.05) is 6.07 Å². The maximum Gasteiger partial charge on any atom is 0.251 e. The SMILES string of the molecule is NC(=O)c1cc(O)c2c(C(N)=O)c3ccccn3c2c1. The van der Waals surface area contributed by atoms with E-state index in [-0.39, 0.29) is 16.9 Å². The highest BCUT2D eigenvalue weighted by Gasteiger charge is 2.20. The molecule has 3 aromatic rings. The topological polar surface area (TPSA) is 111 Å². The molecule has 100 valence electrons. The van der Waals surface area contributed by atoms with Crippen molar-refractivity contribution in [3.63, 3.8) is 0 Å². The molecule has 6 nitrogen and oxygen atoms in total. The Morgan fingerprint density at radius 1 is 1.05 bits per heavy atom. The number of phenolic OH excluding ortho intramolecular Hbond substituents is 1. The van der Waals surface area contributed by atoms with E-state index in [1.54, 1.807) is 28.8 Å². The fraction of sp³-hybridized carbons (Fsp3) is 0. The smallest absolute Gasteiger partial charge is 0.251 e. The lowest BCUT2D eigenvalue weighted by atomic mass is 10.1. The first-order chi connectivity index (χ1) is 9.50. The number of aromatic hydroxyl groups is 1. The molecule has 0 saturated carbocycles. The molecular weight excluding hydrogens is 258 g/mol. The van der Waals surface area contributed by atoms with Gasteiger partial charge in [0.2, 0.25) is 5.91 Å². The van der Waals surface area contributed by atoms with Crippen molar-refractivity contribution in [2.45, 2.75) is 0 Å². The van der Waals surface area contributed by atoms with E-state index >= 15 is 0 Å². The van der Waals surface area contributed by atoms with Crippen LogP contribution in [0.5, 0.6) is 5.75 Å².